The van der Waals surface area contributed by atoms with E-state index < -0.39 is 35.0 Å². The monoisotopic (exact) mass is 733 g/mol. The first kappa shape index (κ1) is 41.8. The number of nitrogens with zero attached hydrogens (tertiary/aromatic N) is 4. The molecule has 3 amide bonds. The molecule has 2 bridgehead atoms. The highest BCUT2D eigenvalue weighted by Gasteiger charge is 2.46. The summed E-state index contributed by atoms with van der Waals surface area (Å²) in [5.41, 5.74) is -2.06. The van der Waals surface area contributed by atoms with Crippen molar-refractivity contribution < 1.29 is 38.1 Å². The summed E-state index contributed by atoms with van der Waals surface area (Å²) >= 11 is 0. The van der Waals surface area contributed by atoms with E-state index in [9.17, 15) is 19.2 Å². The Morgan fingerprint density at radius 3 is 2.04 bits per heavy atom. The second-order valence-electron chi connectivity index (χ2n) is 18.3. The molecule has 2 heterocycles. The third-order valence-electron chi connectivity index (χ3n) is 10.4. The zero-order valence-electron chi connectivity index (χ0n) is 33.6. The first-order valence-electron chi connectivity index (χ1n) is 19.6. The van der Waals surface area contributed by atoms with Gasteiger partial charge in [-0.25, -0.2) is 9.59 Å². The molecule has 0 radical (unpaired) electrons. The van der Waals surface area contributed by atoms with Crippen LogP contribution in [0.4, 0.5) is 9.59 Å². The number of carbonyl (C=O) groups is 4. The molecule has 3 unspecified atom stereocenters. The van der Waals surface area contributed by atoms with Gasteiger partial charge < -0.3 is 28.7 Å². The second kappa shape index (κ2) is 17.5. The van der Waals surface area contributed by atoms with E-state index in [0.717, 1.165) is 31.6 Å². The lowest BCUT2D eigenvalue weighted by Gasteiger charge is -2.42. The van der Waals surface area contributed by atoms with Crippen LogP contribution in [-0.4, -0.2) is 119 Å². The van der Waals surface area contributed by atoms with Crippen LogP contribution in [0.5, 0.6) is 0 Å². The Hall–Kier alpha value is -2.93. The number of amides is 3. The van der Waals surface area contributed by atoms with Crippen molar-refractivity contribution in [1.82, 2.24) is 20.0 Å². The van der Waals surface area contributed by atoms with E-state index in [0.29, 0.717) is 57.5 Å². The van der Waals surface area contributed by atoms with E-state index in [-0.39, 0.29) is 36.4 Å². The van der Waals surface area contributed by atoms with Crippen molar-refractivity contribution in [3.63, 3.8) is 0 Å². The van der Waals surface area contributed by atoms with Crippen molar-refractivity contribution in [2.45, 2.75) is 174 Å². The molecule has 4 fully saturated rings. The number of likely N-dealkylation sites (N-methyl/N-ethyl adjacent to an activating group) is 1. The standard InChI is InChI=1S/C39H67N5O8/c1-37(2,3)50-32(45)25-31(42(10)30-24-26-14-15-27(30)23-26)33(46)44-19-12-11-13-28(44)18-22-49-29-16-20-43(21-17-29)34(40-35(47)51-38(4,5)6)41-36(48)52-39(7,8)9/h26-31H,11-25H2,1-10H3,(H,40,41,47,48)/t26?,27?,28-,30?,31-/m0/s1. The number of hydrogen-bond acceptors (Lipinski definition) is 9. The van der Waals surface area contributed by atoms with Crippen molar-refractivity contribution in [2.75, 3.05) is 33.3 Å². The Bertz CT molecular complexity index is 1280. The van der Waals surface area contributed by atoms with Gasteiger partial charge in [0, 0.05) is 38.3 Å². The molecular formula is C39H67N5O8. The van der Waals surface area contributed by atoms with E-state index in [1.165, 1.54) is 19.3 Å². The van der Waals surface area contributed by atoms with Crippen LogP contribution in [0.1, 0.15) is 133 Å². The number of esters is 1. The summed E-state index contributed by atoms with van der Waals surface area (Å²) < 4.78 is 22.9. The fraction of sp³-hybridized carbons (Fsp3) is 0.872. The summed E-state index contributed by atoms with van der Waals surface area (Å²) in [7, 11) is 2.04. The van der Waals surface area contributed by atoms with Crippen molar-refractivity contribution >= 4 is 30.0 Å². The van der Waals surface area contributed by atoms with Crippen LogP contribution in [0.25, 0.3) is 0 Å². The maximum Gasteiger partial charge on any atom is 0.437 e. The number of aliphatic imine (C=N–C) groups is 1. The lowest BCUT2D eigenvalue weighted by molar-refractivity contribution is -0.160. The van der Waals surface area contributed by atoms with Crippen LogP contribution in [0.3, 0.4) is 0 Å². The molecule has 5 atom stereocenters. The number of fused-ring (bicyclic) bond motifs is 2. The SMILES string of the molecule is CN(C1CC2CCC1C2)[C@@H](CC(=O)OC(C)(C)C)C(=O)N1CCCC[C@H]1CCOC1CCN(C(=NC(=O)OC(C)(C)C)NC(=O)OC(C)(C)C)CC1. The number of hydrogen-bond donors (Lipinski definition) is 1. The molecule has 0 spiro atoms. The highest BCUT2D eigenvalue weighted by Crippen LogP contribution is 2.47. The van der Waals surface area contributed by atoms with Gasteiger partial charge in [-0.05, 0) is 139 Å². The minimum absolute atomic E-state index is 0.0165. The number of guanidine groups is 1. The summed E-state index contributed by atoms with van der Waals surface area (Å²) in [6.45, 7) is 18.4. The van der Waals surface area contributed by atoms with Crippen molar-refractivity contribution in [3.8, 4) is 0 Å². The highest BCUT2D eigenvalue weighted by molar-refractivity contribution is 5.99. The van der Waals surface area contributed by atoms with Gasteiger partial charge in [-0.15, -0.1) is 4.99 Å². The van der Waals surface area contributed by atoms with Crippen LogP contribution in [-0.2, 0) is 28.5 Å². The summed E-state index contributed by atoms with van der Waals surface area (Å²) in [5, 5.41) is 2.64. The number of piperidine rings is 2. The fourth-order valence-electron chi connectivity index (χ4n) is 8.22. The minimum atomic E-state index is -0.793. The molecule has 2 saturated carbocycles. The summed E-state index contributed by atoms with van der Waals surface area (Å²) in [6, 6.07) is -0.181. The minimum Gasteiger partial charge on any atom is -0.460 e. The topological polar surface area (TPSA) is 139 Å². The third kappa shape index (κ3) is 12.9. The number of likely N-dealkylation sites (tertiary alicyclic amines) is 2. The predicted octanol–water partition coefficient (Wildman–Crippen LogP) is 6.28. The van der Waals surface area contributed by atoms with Crippen LogP contribution in [0, 0.1) is 11.8 Å². The lowest BCUT2D eigenvalue weighted by Crippen LogP contribution is -2.56. The zero-order chi connectivity index (χ0) is 38.4. The van der Waals surface area contributed by atoms with Crippen LogP contribution in [0.15, 0.2) is 4.99 Å². The normalized spacial score (nSPS) is 25.2. The molecule has 52 heavy (non-hydrogen) atoms. The van der Waals surface area contributed by atoms with Gasteiger partial charge in [0.1, 0.15) is 16.8 Å². The van der Waals surface area contributed by atoms with Gasteiger partial charge >= 0.3 is 18.2 Å². The molecule has 4 rings (SSSR count). The van der Waals surface area contributed by atoms with Crippen molar-refractivity contribution in [3.05, 3.63) is 0 Å². The molecule has 0 aromatic heterocycles. The van der Waals surface area contributed by atoms with E-state index in [1.807, 2.05) is 37.6 Å². The lowest BCUT2D eigenvalue weighted by atomic mass is 9.92. The van der Waals surface area contributed by atoms with Gasteiger partial charge in [0.2, 0.25) is 11.9 Å². The Morgan fingerprint density at radius 2 is 1.46 bits per heavy atom. The Kier molecular flexibility index (Phi) is 14.1. The number of alkyl carbamates (subject to hydrolysis) is 1. The Morgan fingerprint density at radius 1 is 0.808 bits per heavy atom. The first-order valence-corrected chi connectivity index (χ1v) is 19.6. The molecule has 13 nitrogen and oxygen atoms in total. The summed E-state index contributed by atoms with van der Waals surface area (Å²) in [4.78, 5) is 62.9. The molecule has 13 heteroatoms. The number of carbonyl (C=O) groups excluding carboxylic acids is 4. The second-order valence-corrected chi connectivity index (χ2v) is 18.3. The number of nitrogens with one attached hydrogen (secondary N) is 1. The van der Waals surface area contributed by atoms with Gasteiger partial charge in [0.05, 0.1) is 18.6 Å². The van der Waals surface area contributed by atoms with E-state index >= 15 is 0 Å². The molecule has 2 saturated heterocycles. The van der Waals surface area contributed by atoms with Gasteiger partial charge in [-0.3, -0.25) is 19.8 Å². The van der Waals surface area contributed by atoms with Crippen molar-refractivity contribution in [1.29, 1.82) is 0 Å². The van der Waals surface area contributed by atoms with Crippen LogP contribution in [0.2, 0.25) is 0 Å². The molecule has 296 valence electrons. The Labute approximate surface area is 311 Å². The van der Waals surface area contributed by atoms with E-state index in [2.05, 4.69) is 15.2 Å². The zero-order valence-corrected chi connectivity index (χ0v) is 33.6. The molecule has 4 aliphatic rings. The predicted molar refractivity (Wildman–Crippen MR) is 199 cm³/mol. The third-order valence-corrected chi connectivity index (χ3v) is 10.4. The smallest absolute Gasteiger partial charge is 0.437 e. The quantitative estimate of drug-likeness (QED) is 0.125. The largest absolute Gasteiger partial charge is 0.460 e. The molecular weight excluding hydrogens is 666 g/mol. The van der Waals surface area contributed by atoms with Gasteiger partial charge in [0.15, 0.2) is 0 Å². The van der Waals surface area contributed by atoms with E-state index in [1.54, 1.807) is 41.5 Å². The highest BCUT2D eigenvalue weighted by atomic mass is 16.6. The van der Waals surface area contributed by atoms with Gasteiger partial charge in [-0.2, -0.15) is 0 Å². The average Bonchev–Trinajstić information content (AvgIpc) is 3.65. The molecule has 0 aromatic carbocycles. The summed E-state index contributed by atoms with van der Waals surface area (Å²) in [5.74, 6) is 1.11. The number of ether oxygens (including phenoxy) is 4. The molecule has 1 N–H and O–H groups in total. The van der Waals surface area contributed by atoms with Crippen LogP contribution >= 0.6 is 0 Å². The molecule has 0 aromatic rings. The van der Waals surface area contributed by atoms with Gasteiger partial charge in [0.25, 0.3) is 0 Å². The van der Waals surface area contributed by atoms with E-state index in [4.69, 9.17) is 18.9 Å². The van der Waals surface area contributed by atoms with Crippen LogP contribution < -0.4 is 5.32 Å². The maximum atomic E-state index is 14.4. The first-order chi connectivity index (χ1) is 24.2. The fourth-order valence-corrected chi connectivity index (χ4v) is 8.22. The molecule has 2 aliphatic heterocycles. The van der Waals surface area contributed by atoms with Crippen molar-refractivity contribution in [2.24, 2.45) is 16.8 Å². The number of rotatable bonds is 9. The van der Waals surface area contributed by atoms with Gasteiger partial charge in [-0.1, -0.05) is 6.42 Å². The molecule has 2 aliphatic carbocycles. The summed E-state index contributed by atoms with van der Waals surface area (Å²) in [6.07, 6.45) is 8.31. The average molecular weight is 734 g/mol. The maximum absolute atomic E-state index is 14.4. The Balaban J connectivity index is 1.35.